The van der Waals surface area contributed by atoms with Gasteiger partial charge in [0.15, 0.2) is 0 Å². The van der Waals surface area contributed by atoms with E-state index in [9.17, 15) is 8.78 Å². The summed E-state index contributed by atoms with van der Waals surface area (Å²) >= 11 is 0. The third-order valence-corrected chi connectivity index (χ3v) is 6.11. The van der Waals surface area contributed by atoms with Gasteiger partial charge < -0.3 is 15.4 Å². The highest BCUT2D eigenvalue weighted by Gasteiger charge is 2.34. The summed E-state index contributed by atoms with van der Waals surface area (Å²) in [5.41, 5.74) is 3.30. The number of rotatable bonds is 6. The summed E-state index contributed by atoms with van der Waals surface area (Å²) in [5, 5.41) is 11.2. The fraction of sp³-hybridized carbons (Fsp3) is 0.391. The molecule has 2 atom stereocenters. The maximum Gasteiger partial charge on any atom is 0.246 e. The molecule has 2 aliphatic rings. The van der Waals surface area contributed by atoms with Crippen LogP contribution in [-0.4, -0.2) is 34.0 Å². The second-order valence-electron chi connectivity index (χ2n) is 8.57. The highest BCUT2D eigenvalue weighted by Crippen LogP contribution is 2.37. The van der Waals surface area contributed by atoms with E-state index < -0.39 is 11.6 Å². The lowest BCUT2D eigenvalue weighted by Gasteiger charge is -2.31. The van der Waals surface area contributed by atoms with Gasteiger partial charge in [0, 0.05) is 29.4 Å². The van der Waals surface area contributed by atoms with Crippen LogP contribution in [0.15, 0.2) is 42.7 Å². The van der Waals surface area contributed by atoms with Gasteiger partial charge in [0.2, 0.25) is 5.95 Å². The number of hydrogen-bond acceptors (Lipinski definition) is 5. The van der Waals surface area contributed by atoms with Crippen LogP contribution in [0.5, 0.6) is 0 Å². The predicted molar refractivity (Wildman–Crippen MR) is 115 cm³/mol. The lowest BCUT2D eigenvalue weighted by molar-refractivity contribution is -0.0593. The van der Waals surface area contributed by atoms with Crippen molar-refractivity contribution in [1.82, 2.24) is 14.8 Å². The quantitative estimate of drug-likeness (QED) is 0.593. The fourth-order valence-corrected chi connectivity index (χ4v) is 4.52. The van der Waals surface area contributed by atoms with E-state index in [1.54, 1.807) is 0 Å². The van der Waals surface area contributed by atoms with Crippen molar-refractivity contribution in [2.45, 2.75) is 32.2 Å². The minimum Gasteiger partial charge on any atom is -0.382 e. The number of nitrogens with zero attached hydrogens (tertiary/aromatic N) is 3. The van der Waals surface area contributed by atoms with Crippen molar-refractivity contribution < 1.29 is 13.5 Å². The maximum absolute atomic E-state index is 13.5. The zero-order valence-electron chi connectivity index (χ0n) is 17.3. The number of ether oxygens (including phenoxy) is 1. The largest absolute Gasteiger partial charge is 0.382 e. The van der Waals surface area contributed by atoms with Crippen LogP contribution >= 0.6 is 0 Å². The first-order chi connectivity index (χ1) is 15.0. The molecule has 8 heteroatoms. The van der Waals surface area contributed by atoms with Crippen molar-refractivity contribution >= 4 is 17.3 Å². The number of aryl methyl sites for hydroxylation is 1. The molecule has 0 bridgehead atoms. The lowest BCUT2D eigenvalue weighted by atomic mass is 9.89. The summed E-state index contributed by atoms with van der Waals surface area (Å²) in [6, 6.07) is 9.90. The van der Waals surface area contributed by atoms with Crippen LogP contribution in [0.2, 0.25) is 0 Å². The monoisotopic (exact) mass is 425 g/mol. The van der Waals surface area contributed by atoms with Crippen LogP contribution in [0.4, 0.5) is 26.1 Å². The number of hydrogen-bond donors (Lipinski definition) is 2. The van der Waals surface area contributed by atoms with Gasteiger partial charge in [-0.1, -0.05) is 0 Å². The van der Waals surface area contributed by atoms with E-state index in [1.165, 1.54) is 42.4 Å². The first kappa shape index (κ1) is 19.9. The van der Waals surface area contributed by atoms with Gasteiger partial charge in [0.25, 0.3) is 0 Å². The van der Waals surface area contributed by atoms with E-state index >= 15 is 0 Å². The average molecular weight is 425 g/mol. The molecular formula is C23H25F2N5O. The van der Waals surface area contributed by atoms with E-state index in [-0.39, 0.29) is 5.69 Å². The molecule has 2 heterocycles. The number of nitrogens with one attached hydrogen (secondary N) is 2. The minimum atomic E-state index is -0.659. The van der Waals surface area contributed by atoms with Gasteiger partial charge in [0.05, 0.1) is 18.9 Å². The Morgan fingerprint density at radius 1 is 0.968 bits per heavy atom. The topological polar surface area (TPSA) is 64.0 Å². The maximum atomic E-state index is 13.5. The van der Waals surface area contributed by atoms with Crippen LogP contribution in [-0.2, 0) is 4.74 Å². The number of aromatic nitrogens is 3. The first-order valence-electron chi connectivity index (χ1n) is 10.6. The van der Waals surface area contributed by atoms with Gasteiger partial charge in [-0.25, -0.2) is 13.5 Å². The molecule has 2 aromatic carbocycles. The zero-order valence-corrected chi connectivity index (χ0v) is 17.3. The van der Waals surface area contributed by atoms with Crippen molar-refractivity contribution in [3.63, 3.8) is 0 Å². The van der Waals surface area contributed by atoms with Crippen molar-refractivity contribution in [2.24, 2.45) is 11.8 Å². The molecule has 31 heavy (non-hydrogen) atoms. The zero-order chi connectivity index (χ0) is 21.4. The summed E-state index contributed by atoms with van der Waals surface area (Å²) in [4.78, 5) is 4.22. The van der Waals surface area contributed by atoms with Crippen molar-refractivity contribution in [2.75, 3.05) is 23.8 Å². The smallest absolute Gasteiger partial charge is 0.246 e. The normalized spacial score (nSPS) is 21.1. The Balaban J connectivity index is 1.27. The van der Waals surface area contributed by atoms with E-state index in [0.717, 1.165) is 48.1 Å². The van der Waals surface area contributed by atoms with Gasteiger partial charge in [-0.15, -0.1) is 5.10 Å². The second kappa shape index (κ2) is 8.26. The molecule has 0 amide bonds. The molecule has 2 unspecified atom stereocenters. The molecule has 1 saturated carbocycles. The standard InChI is InChI=1S/C23H25F2N5O/c1-14-4-20(27-19-3-2-15(6-19)16-11-31-12-16)10-21(5-14)28-23-26-13-30(29-23)22-8-17(24)7-18(25)9-22/h4-5,7-10,13,15-16,19,27H,2-3,6,11-12H2,1H3,(H,28,29). The van der Waals surface area contributed by atoms with E-state index in [4.69, 9.17) is 4.74 Å². The Bertz CT molecular complexity index is 1060. The van der Waals surface area contributed by atoms with Crippen LogP contribution in [0.25, 0.3) is 5.69 Å². The fourth-order valence-electron chi connectivity index (χ4n) is 4.52. The Kier molecular flexibility index (Phi) is 5.31. The summed E-state index contributed by atoms with van der Waals surface area (Å²) in [5.74, 6) is 0.526. The molecule has 6 nitrogen and oxygen atoms in total. The highest BCUT2D eigenvalue weighted by atomic mass is 19.1. The molecule has 1 saturated heterocycles. The Morgan fingerprint density at radius 2 is 1.74 bits per heavy atom. The third kappa shape index (κ3) is 4.54. The van der Waals surface area contributed by atoms with Gasteiger partial charge in [-0.2, -0.15) is 4.98 Å². The number of halogens is 2. The second-order valence-corrected chi connectivity index (χ2v) is 8.57. The first-order valence-corrected chi connectivity index (χ1v) is 10.6. The molecular weight excluding hydrogens is 400 g/mol. The molecule has 2 fully saturated rings. The van der Waals surface area contributed by atoms with Gasteiger partial charge in [-0.05, 0) is 68.0 Å². The average Bonchev–Trinajstić information content (AvgIpc) is 3.29. The van der Waals surface area contributed by atoms with Gasteiger partial charge in [-0.3, -0.25) is 0 Å². The van der Waals surface area contributed by atoms with Crippen LogP contribution in [0.3, 0.4) is 0 Å². The summed E-state index contributed by atoms with van der Waals surface area (Å²) in [7, 11) is 0. The van der Waals surface area contributed by atoms with E-state index in [1.807, 2.05) is 19.1 Å². The third-order valence-electron chi connectivity index (χ3n) is 6.11. The molecule has 162 valence electrons. The van der Waals surface area contributed by atoms with Crippen LogP contribution < -0.4 is 10.6 Å². The Morgan fingerprint density at radius 3 is 2.48 bits per heavy atom. The molecule has 1 aliphatic heterocycles. The lowest BCUT2D eigenvalue weighted by Crippen LogP contribution is -2.33. The van der Waals surface area contributed by atoms with Crippen molar-refractivity contribution in [3.8, 4) is 5.69 Å². The molecule has 5 rings (SSSR count). The van der Waals surface area contributed by atoms with E-state index in [0.29, 0.717) is 12.0 Å². The van der Waals surface area contributed by atoms with E-state index in [2.05, 4.69) is 26.8 Å². The predicted octanol–water partition coefficient (Wildman–Crippen LogP) is 4.82. The molecule has 0 spiro atoms. The molecule has 1 aromatic heterocycles. The molecule has 1 aliphatic carbocycles. The Hall–Kier alpha value is -3.00. The number of benzene rings is 2. The number of anilines is 3. The summed E-state index contributed by atoms with van der Waals surface area (Å²) < 4.78 is 33.7. The molecule has 2 N–H and O–H groups in total. The van der Waals surface area contributed by atoms with Crippen LogP contribution in [0.1, 0.15) is 24.8 Å². The van der Waals surface area contributed by atoms with Crippen LogP contribution in [0, 0.1) is 30.4 Å². The van der Waals surface area contributed by atoms with Crippen molar-refractivity contribution in [3.05, 3.63) is 59.9 Å². The summed E-state index contributed by atoms with van der Waals surface area (Å²) in [6.45, 7) is 3.87. The highest BCUT2D eigenvalue weighted by molar-refractivity contribution is 5.63. The molecule has 0 radical (unpaired) electrons. The van der Waals surface area contributed by atoms with Crippen molar-refractivity contribution in [1.29, 1.82) is 0 Å². The minimum absolute atomic E-state index is 0.275. The Labute approximate surface area is 179 Å². The molecule has 3 aromatic rings. The van der Waals surface area contributed by atoms with Gasteiger partial charge in [0.1, 0.15) is 18.0 Å². The van der Waals surface area contributed by atoms with Gasteiger partial charge >= 0.3 is 0 Å². The summed E-state index contributed by atoms with van der Waals surface area (Å²) in [6.07, 6.45) is 5.04. The SMILES string of the molecule is Cc1cc(Nc2ncn(-c3cc(F)cc(F)c3)n2)cc(NC2CCC(C3COC3)C2)c1.